The SMILES string of the molecule is C=CC(=C)Nc1ccc(F)c(Nc2nc(Nc3cnn(C)c3)ncc2-c2cccc(N(C)C)c2)c1. The molecule has 0 radical (unpaired) electrons. The monoisotopic (exact) mass is 470 g/mol. The van der Waals surface area contributed by atoms with Gasteiger partial charge in [0.05, 0.1) is 17.6 Å². The van der Waals surface area contributed by atoms with Crippen LogP contribution in [0.25, 0.3) is 11.1 Å². The lowest BCUT2D eigenvalue weighted by Crippen LogP contribution is -2.08. The molecule has 0 atom stereocenters. The van der Waals surface area contributed by atoms with Gasteiger partial charge in [0, 0.05) is 56.2 Å². The number of anilines is 6. The summed E-state index contributed by atoms with van der Waals surface area (Å²) in [7, 11) is 5.77. The predicted octanol–water partition coefficient (Wildman–Crippen LogP) is 5.68. The van der Waals surface area contributed by atoms with Crippen molar-refractivity contribution in [1.82, 2.24) is 19.7 Å². The molecule has 3 N–H and O–H groups in total. The molecule has 0 saturated carbocycles. The fourth-order valence-corrected chi connectivity index (χ4v) is 3.38. The van der Waals surface area contributed by atoms with Crippen LogP contribution in [-0.2, 0) is 7.05 Å². The van der Waals surface area contributed by atoms with Crippen LogP contribution in [0.2, 0.25) is 0 Å². The summed E-state index contributed by atoms with van der Waals surface area (Å²) in [5.41, 5.74) is 4.89. The second-order valence-electron chi connectivity index (χ2n) is 8.10. The van der Waals surface area contributed by atoms with Gasteiger partial charge < -0.3 is 20.9 Å². The Hall–Kier alpha value is -4.66. The molecule has 0 fully saturated rings. The maximum Gasteiger partial charge on any atom is 0.229 e. The number of allylic oxidation sites excluding steroid dienone is 1. The normalized spacial score (nSPS) is 10.5. The van der Waals surface area contributed by atoms with Gasteiger partial charge in [-0.2, -0.15) is 10.1 Å². The van der Waals surface area contributed by atoms with Crippen molar-refractivity contribution < 1.29 is 4.39 Å². The molecule has 35 heavy (non-hydrogen) atoms. The van der Waals surface area contributed by atoms with Gasteiger partial charge in [-0.1, -0.05) is 25.3 Å². The van der Waals surface area contributed by atoms with Gasteiger partial charge in [-0.3, -0.25) is 4.68 Å². The van der Waals surface area contributed by atoms with Crippen molar-refractivity contribution in [3.8, 4) is 11.1 Å². The molecule has 9 heteroatoms. The molecule has 0 aliphatic heterocycles. The summed E-state index contributed by atoms with van der Waals surface area (Å²) in [5, 5.41) is 13.5. The Kier molecular flexibility index (Phi) is 6.77. The van der Waals surface area contributed by atoms with E-state index in [9.17, 15) is 4.39 Å². The Morgan fingerprint density at radius 3 is 2.63 bits per heavy atom. The highest BCUT2D eigenvalue weighted by molar-refractivity contribution is 5.81. The van der Waals surface area contributed by atoms with Gasteiger partial charge in [-0.25, -0.2) is 9.37 Å². The van der Waals surface area contributed by atoms with Gasteiger partial charge in [0.15, 0.2) is 0 Å². The van der Waals surface area contributed by atoms with Crippen molar-refractivity contribution in [2.75, 3.05) is 34.9 Å². The second kappa shape index (κ2) is 10.1. The minimum Gasteiger partial charge on any atom is -0.378 e. The topological polar surface area (TPSA) is 82.9 Å². The maximum atomic E-state index is 14.8. The van der Waals surface area contributed by atoms with E-state index < -0.39 is 5.82 Å². The van der Waals surface area contributed by atoms with E-state index in [-0.39, 0.29) is 5.69 Å². The molecular formula is C26H27FN8. The molecular weight excluding hydrogens is 443 g/mol. The molecule has 8 nitrogen and oxygen atoms in total. The molecule has 0 amide bonds. The predicted molar refractivity (Wildman–Crippen MR) is 141 cm³/mol. The Morgan fingerprint density at radius 1 is 1.09 bits per heavy atom. The van der Waals surface area contributed by atoms with Gasteiger partial charge in [0.2, 0.25) is 5.95 Å². The van der Waals surface area contributed by atoms with Crippen LogP contribution >= 0.6 is 0 Å². The lowest BCUT2D eigenvalue weighted by molar-refractivity contribution is 0.632. The van der Waals surface area contributed by atoms with Gasteiger partial charge >= 0.3 is 0 Å². The van der Waals surface area contributed by atoms with Gasteiger partial charge in [0.1, 0.15) is 11.6 Å². The Balaban J connectivity index is 1.76. The quantitative estimate of drug-likeness (QED) is 0.271. The molecule has 2 aromatic carbocycles. The first-order valence-electron chi connectivity index (χ1n) is 10.9. The Labute approximate surface area is 203 Å². The van der Waals surface area contributed by atoms with Crippen molar-refractivity contribution in [2.24, 2.45) is 7.05 Å². The summed E-state index contributed by atoms with van der Waals surface area (Å²) in [5.74, 6) is 0.372. The zero-order valence-corrected chi connectivity index (χ0v) is 19.9. The van der Waals surface area contributed by atoms with Crippen LogP contribution in [0, 0.1) is 5.82 Å². The van der Waals surface area contributed by atoms with Crippen molar-refractivity contribution in [1.29, 1.82) is 0 Å². The zero-order valence-electron chi connectivity index (χ0n) is 19.9. The summed E-state index contributed by atoms with van der Waals surface area (Å²) in [6.45, 7) is 7.54. The third-order valence-corrected chi connectivity index (χ3v) is 5.19. The van der Waals surface area contributed by atoms with Crippen LogP contribution in [0.15, 0.2) is 86.0 Å². The van der Waals surface area contributed by atoms with Crippen molar-refractivity contribution in [3.63, 3.8) is 0 Å². The Morgan fingerprint density at radius 2 is 1.91 bits per heavy atom. The van der Waals surface area contributed by atoms with Crippen LogP contribution in [0.4, 0.5) is 38.9 Å². The number of nitrogens with zero attached hydrogens (tertiary/aromatic N) is 5. The highest BCUT2D eigenvalue weighted by Gasteiger charge is 2.14. The third kappa shape index (κ3) is 5.64. The molecule has 0 saturated heterocycles. The molecule has 0 aliphatic rings. The number of benzene rings is 2. The number of rotatable bonds is 9. The number of hydrogen-bond donors (Lipinski definition) is 3. The summed E-state index contributed by atoms with van der Waals surface area (Å²) >= 11 is 0. The Bertz CT molecular complexity index is 1380. The molecule has 0 spiro atoms. The third-order valence-electron chi connectivity index (χ3n) is 5.19. The van der Waals surface area contributed by atoms with E-state index in [4.69, 9.17) is 0 Å². The number of aryl methyl sites for hydroxylation is 1. The molecule has 4 rings (SSSR count). The molecule has 0 unspecified atom stereocenters. The fraction of sp³-hybridized carbons (Fsp3) is 0.115. The molecule has 178 valence electrons. The van der Waals surface area contributed by atoms with Crippen LogP contribution in [0.5, 0.6) is 0 Å². The zero-order chi connectivity index (χ0) is 24.9. The standard InChI is InChI=1S/C26H27FN8/c1-6-17(2)30-19-10-11-23(27)24(13-19)32-25-22(18-8-7-9-21(12-18)34(3)4)15-28-26(33-25)31-20-14-29-35(5)16-20/h6-16,30H,1-2H2,3-5H3,(H2,28,31,32,33). The molecule has 0 bridgehead atoms. The van der Waals surface area contributed by atoms with Crippen LogP contribution < -0.4 is 20.9 Å². The first-order chi connectivity index (χ1) is 16.8. The van der Waals surface area contributed by atoms with Crippen LogP contribution in [0.3, 0.4) is 0 Å². The van der Waals surface area contributed by atoms with Crippen molar-refractivity contribution in [2.45, 2.75) is 0 Å². The fourth-order valence-electron chi connectivity index (χ4n) is 3.38. The summed E-state index contributed by atoms with van der Waals surface area (Å²) in [6, 6.07) is 12.6. The van der Waals surface area contributed by atoms with Gasteiger partial charge in [0.25, 0.3) is 0 Å². The number of aromatic nitrogens is 4. The lowest BCUT2D eigenvalue weighted by atomic mass is 10.1. The summed E-state index contributed by atoms with van der Waals surface area (Å²) in [6.07, 6.45) is 6.79. The van der Waals surface area contributed by atoms with E-state index in [0.29, 0.717) is 23.2 Å². The highest BCUT2D eigenvalue weighted by Crippen LogP contribution is 2.33. The highest BCUT2D eigenvalue weighted by atomic mass is 19.1. The smallest absolute Gasteiger partial charge is 0.229 e. The summed E-state index contributed by atoms with van der Waals surface area (Å²) < 4.78 is 16.5. The average molecular weight is 471 g/mol. The van der Waals surface area contributed by atoms with Crippen molar-refractivity contribution >= 4 is 34.5 Å². The average Bonchev–Trinajstić information content (AvgIpc) is 3.25. The maximum absolute atomic E-state index is 14.8. The van der Waals surface area contributed by atoms with Crippen molar-refractivity contribution in [3.05, 3.63) is 91.8 Å². The van der Waals surface area contributed by atoms with E-state index >= 15 is 0 Å². The summed E-state index contributed by atoms with van der Waals surface area (Å²) in [4.78, 5) is 11.2. The minimum atomic E-state index is -0.423. The minimum absolute atomic E-state index is 0.253. The molecule has 0 aliphatic carbocycles. The lowest BCUT2D eigenvalue weighted by Gasteiger charge is -2.17. The molecule has 4 aromatic rings. The van der Waals surface area contributed by atoms with Crippen LogP contribution in [0.1, 0.15) is 0 Å². The van der Waals surface area contributed by atoms with Gasteiger partial charge in [-0.15, -0.1) is 0 Å². The second-order valence-corrected chi connectivity index (χ2v) is 8.10. The van der Waals surface area contributed by atoms with E-state index in [1.165, 1.54) is 6.07 Å². The number of halogens is 1. The first kappa shape index (κ1) is 23.5. The molecule has 2 heterocycles. The molecule has 2 aromatic heterocycles. The first-order valence-corrected chi connectivity index (χ1v) is 10.9. The van der Waals surface area contributed by atoms with E-state index in [2.05, 4.69) is 44.2 Å². The van der Waals surface area contributed by atoms with E-state index in [1.807, 2.05) is 56.5 Å². The van der Waals surface area contributed by atoms with Gasteiger partial charge in [-0.05, 0) is 42.0 Å². The van der Waals surface area contributed by atoms with E-state index in [1.54, 1.807) is 35.3 Å². The van der Waals surface area contributed by atoms with E-state index in [0.717, 1.165) is 22.5 Å². The number of hydrogen-bond acceptors (Lipinski definition) is 7. The number of nitrogens with one attached hydrogen (secondary N) is 3. The largest absolute Gasteiger partial charge is 0.378 e. The van der Waals surface area contributed by atoms with Crippen LogP contribution in [-0.4, -0.2) is 33.8 Å².